The predicted molar refractivity (Wildman–Crippen MR) is 73.1 cm³/mol. The summed E-state index contributed by atoms with van der Waals surface area (Å²) in [7, 11) is 1.66. The van der Waals surface area contributed by atoms with Gasteiger partial charge in [-0.15, -0.1) is 0 Å². The average molecular weight is 301 g/mol. The van der Waals surface area contributed by atoms with E-state index in [1.807, 2.05) is 0 Å². The van der Waals surface area contributed by atoms with Crippen LogP contribution in [-0.2, 0) is 0 Å². The van der Waals surface area contributed by atoms with E-state index >= 15 is 0 Å². The average Bonchev–Trinajstić information content (AvgIpc) is 2.46. The van der Waals surface area contributed by atoms with Crippen molar-refractivity contribution in [3.63, 3.8) is 0 Å². The Balaban J connectivity index is 1.93. The molecule has 1 heterocycles. The standard InChI is InChI=1S/C14H18F3N3O/c1-18-12-11(3-2-8-19-12)13(21)20-10-6-4-9(5-7-10)14(15,16)17/h2-3,8-10H,4-7H2,1H3,(H,18,19)(H,20,21). The molecule has 0 aliphatic heterocycles. The summed E-state index contributed by atoms with van der Waals surface area (Å²) < 4.78 is 37.8. The minimum Gasteiger partial charge on any atom is -0.372 e. The number of halogens is 3. The van der Waals surface area contributed by atoms with Gasteiger partial charge in [0.15, 0.2) is 0 Å². The number of carbonyl (C=O) groups excluding carboxylic acids is 1. The highest BCUT2D eigenvalue weighted by Gasteiger charge is 2.41. The van der Waals surface area contributed by atoms with Gasteiger partial charge in [0.2, 0.25) is 0 Å². The Labute approximate surface area is 121 Å². The summed E-state index contributed by atoms with van der Waals surface area (Å²) in [5, 5.41) is 5.62. The number of nitrogens with zero attached hydrogens (tertiary/aromatic N) is 1. The molecule has 1 saturated carbocycles. The van der Waals surface area contributed by atoms with Crippen LogP contribution in [0.2, 0.25) is 0 Å². The molecule has 7 heteroatoms. The second kappa shape index (κ2) is 6.32. The minimum atomic E-state index is -4.13. The van der Waals surface area contributed by atoms with Crippen molar-refractivity contribution in [3.05, 3.63) is 23.9 Å². The Morgan fingerprint density at radius 1 is 1.29 bits per heavy atom. The van der Waals surface area contributed by atoms with Gasteiger partial charge in [0, 0.05) is 19.3 Å². The maximum Gasteiger partial charge on any atom is 0.391 e. The third-order valence-corrected chi connectivity index (χ3v) is 3.81. The Morgan fingerprint density at radius 3 is 2.52 bits per heavy atom. The summed E-state index contributed by atoms with van der Waals surface area (Å²) >= 11 is 0. The molecular formula is C14H18F3N3O. The second-order valence-corrected chi connectivity index (χ2v) is 5.21. The van der Waals surface area contributed by atoms with Crippen LogP contribution >= 0.6 is 0 Å². The van der Waals surface area contributed by atoms with Crippen LogP contribution < -0.4 is 10.6 Å². The van der Waals surface area contributed by atoms with Crippen molar-refractivity contribution >= 4 is 11.7 Å². The van der Waals surface area contributed by atoms with Gasteiger partial charge in [0.05, 0.1) is 11.5 Å². The number of amides is 1. The first-order chi connectivity index (χ1) is 9.91. The van der Waals surface area contributed by atoms with Gasteiger partial charge in [-0.1, -0.05) is 0 Å². The zero-order chi connectivity index (χ0) is 15.5. The lowest BCUT2D eigenvalue weighted by Crippen LogP contribution is -2.40. The molecule has 21 heavy (non-hydrogen) atoms. The van der Waals surface area contributed by atoms with E-state index in [9.17, 15) is 18.0 Å². The smallest absolute Gasteiger partial charge is 0.372 e. The lowest BCUT2D eigenvalue weighted by atomic mass is 9.85. The van der Waals surface area contributed by atoms with Gasteiger partial charge in [0.1, 0.15) is 5.82 Å². The number of pyridine rings is 1. The van der Waals surface area contributed by atoms with Gasteiger partial charge >= 0.3 is 6.18 Å². The van der Waals surface area contributed by atoms with Crippen molar-refractivity contribution in [3.8, 4) is 0 Å². The molecule has 1 fully saturated rings. The molecule has 1 aromatic rings. The Hall–Kier alpha value is -1.79. The molecule has 1 aromatic heterocycles. The van der Waals surface area contributed by atoms with E-state index in [1.165, 1.54) is 0 Å². The number of hydrogen-bond donors (Lipinski definition) is 2. The molecular weight excluding hydrogens is 283 g/mol. The van der Waals surface area contributed by atoms with E-state index in [4.69, 9.17) is 0 Å². The van der Waals surface area contributed by atoms with Crippen LogP contribution in [0.15, 0.2) is 18.3 Å². The number of hydrogen-bond acceptors (Lipinski definition) is 3. The van der Waals surface area contributed by atoms with Crippen molar-refractivity contribution in [2.24, 2.45) is 5.92 Å². The van der Waals surface area contributed by atoms with E-state index in [0.29, 0.717) is 24.2 Å². The minimum absolute atomic E-state index is 0.0698. The molecule has 0 unspecified atom stereocenters. The van der Waals surface area contributed by atoms with E-state index in [1.54, 1.807) is 25.4 Å². The number of anilines is 1. The normalized spacial score (nSPS) is 22.7. The number of aromatic nitrogens is 1. The third-order valence-electron chi connectivity index (χ3n) is 3.81. The van der Waals surface area contributed by atoms with Gasteiger partial charge in [-0.05, 0) is 37.8 Å². The zero-order valence-corrected chi connectivity index (χ0v) is 11.7. The van der Waals surface area contributed by atoms with E-state index in [0.717, 1.165) is 0 Å². The quantitative estimate of drug-likeness (QED) is 0.902. The van der Waals surface area contributed by atoms with Crippen LogP contribution in [0.5, 0.6) is 0 Å². The lowest BCUT2D eigenvalue weighted by Gasteiger charge is -2.30. The van der Waals surface area contributed by atoms with Crippen LogP contribution in [0.3, 0.4) is 0 Å². The van der Waals surface area contributed by atoms with Gasteiger partial charge in [-0.2, -0.15) is 13.2 Å². The summed E-state index contributed by atoms with van der Waals surface area (Å²) in [6, 6.07) is 3.08. The number of rotatable bonds is 3. The summed E-state index contributed by atoms with van der Waals surface area (Å²) in [4.78, 5) is 16.2. The molecule has 1 amide bonds. The fourth-order valence-corrected chi connectivity index (χ4v) is 2.62. The fraction of sp³-hybridized carbons (Fsp3) is 0.571. The molecule has 4 nitrogen and oxygen atoms in total. The van der Waals surface area contributed by atoms with Gasteiger partial charge in [0.25, 0.3) is 5.91 Å². The molecule has 0 radical (unpaired) electrons. The summed E-state index contributed by atoms with van der Waals surface area (Å²) in [6.07, 6.45) is -1.72. The van der Waals surface area contributed by atoms with Crippen LogP contribution in [0.4, 0.5) is 19.0 Å². The first-order valence-electron chi connectivity index (χ1n) is 6.92. The largest absolute Gasteiger partial charge is 0.391 e. The molecule has 1 aliphatic carbocycles. The van der Waals surface area contributed by atoms with Crippen LogP contribution in [0.1, 0.15) is 36.0 Å². The van der Waals surface area contributed by atoms with Gasteiger partial charge in [-0.25, -0.2) is 4.98 Å². The van der Waals surface area contributed by atoms with Crippen LogP contribution in [0.25, 0.3) is 0 Å². The molecule has 2 N–H and O–H groups in total. The van der Waals surface area contributed by atoms with Crippen molar-refractivity contribution in [1.29, 1.82) is 0 Å². The van der Waals surface area contributed by atoms with Gasteiger partial charge < -0.3 is 10.6 Å². The molecule has 0 bridgehead atoms. The lowest BCUT2D eigenvalue weighted by molar-refractivity contribution is -0.182. The van der Waals surface area contributed by atoms with Crippen molar-refractivity contribution in [2.75, 3.05) is 12.4 Å². The van der Waals surface area contributed by atoms with Crippen LogP contribution in [-0.4, -0.2) is 30.2 Å². The predicted octanol–water partition coefficient (Wildman–Crippen LogP) is 2.97. The van der Waals surface area contributed by atoms with Crippen LogP contribution in [0, 0.1) is 5.92 Å². The molecule has 1 aliphatic rings. The Kier molecular flexibility index (Phi) is 4.69. The summed E-state index contributed by atoms with van der Waals surface area (Å²) in [5.41, 5.74) is 0.401. The topological polar surface area (TPSA) is 54.0 Å². The SMILES string of the molecule is CNc1ncccc1C(=O)NC1CCC(C(F)(F)F)CC1. The number of carbonyl (C=O) groups is 1. The molecule has 0 spiro atoms. The second-order valence-electron chi connectivity index (χ2n) is 5.21. The maximum atomic E-state index is 12.6. The zero-order valence-electron chi connectivity index (χ0n) is 11.7. The van der Waals surface area contributed by atoms with E-state index < -0.39 is 12.1 Å². The number of nitrogens with one attached hydrogen (secondary N) is 2. The van der Waals surface area contributed by atoms with Crippen molar-refractivity contribution in [2.45, 2.75) is 37.9 Å². The highest BCUT2D eigenvalue weighted by Crippen LogP contribution is 2.37. The summed E-state index contributed by atoms with van der Waals surface area (Å²) in [5.74, 6) is -1.08. The first-order valence-corrected chi connectivity index (χ1v) is 6.92. The molecule has 116 valence electrons. The third kappa shape index (κ3) is 3.86. The maximum absolute atomic E-state index is 12.6. The van der Waals surface area contributed by atoms with Crippen molar-refractivity contribution < 1.29 is 18.0 Å². The summed E-state index contributed by atoms with van der Waals surface area (Å²) in [6.45, 7) is 0. The number of alkyl halides is 3. The highest BCUT2D eigenvalue weighted by molar-refractivity contribution is 5.98. The first kappa shape index (κ1) is 15.6. The molecule has 0 saturated heterocycles. The Bertz CT molecular complexity index is 496. The fourth-order valence-electron chi connectivity index (χ4n) is 2.62. The molecule has 2 rings (SSSR count). The highest BCUT2D eigenvalue weighted by atomic mass is 19.4. The van der Waals surface area contributed by atoms with Gasteiger partial charge in [-0.3, -0.25) is 4.79 Å². The van der Waals surface area contributed by atoms with Crippen molar-refractivity contribution in [1.82, 2.24) is 10.3 Å². The monoisotopic (exact) mass is 301 g/mol. The van der Waals surface area contributed by atoms with E-state index in [-0.39, 0.29) is 24.8 Å². The molecule has 0 aromatic carbocycles. The van der Waals surface area contributed by atoms with E-state index in [2.05, 4.69) is 15.6 Å². The Morgan fingerprint density at radius 2 is 1.95 bits per heavy atom. The molecule has 0 atom stereocenters.